The number of aryl methyl sites for hydroxylation is 2. The Hall–Kier alpha value is -2.93. The summed E-state index contributed by atoms with van der Waals surface area (Å²) in [5, 5.41) is 5.33. The maximum atomic E-state index is 12.3. The lowest BCUT2D eigenvalue weighted by molar-refractivity contribution is -0.120. The summed E-state index contributed by atoms with van der Waals surface area (Å²) in [4.78, 5) is 12.3. The fourth-order valence-electron chi connectivity index (χ4n) is 3.61. The highest BCUT2D eigenvalue weighted by atomic mass is 127. The van der Waals surface area contributed by atoms with E-state index in [9.17, 15) is 4.79 Å². The van der Waals surface area contributed by atoms with Gasteiger partial charge in [0.05, 0.1) is 12.6 Å². The van der Waals surface area contributed by atoms with Crippen molar-refractivity contribution in [2.75, 3.05) is 0 Å². The molecule has 156 valence electrons. The van der Waals surface area contributed by atoms with Gasteiger partial charge in [0.2, 0.25) is 5.91 Å². The van der Waals surface area contributed by atoms with Gasteiger partial charge in [-0.1, -0.05) is 48.5 Å². The Bertz CT molecular complexity index is 1260. The highest BCUT2D eigenvalue weighted by Gasteiger charge is 2.08. The lowest BCUT2D eigenvalue weighted by atomic mass is 10.0. The van der Waals surface area contributed by atoms with E-state index in [1.165, 1.54) is 20.3 Å². The first-order valence-corrected chi connectivity index (χ1v) is 11.3. The second-order valence-electron chi connectivity index (χ2n) is 7.74. The van der Waals surface area contributed by atoms with Crippen molar-refractivity contribution in [1.29, 1.82) is 0 Å². The molecule has 4 aromatic rings. The first-order valence-electron chi connectivity index (χ1n) is 10.2. The molecule has 0 saturated heterocycles. The van der Waals surface area contributed by atoms with Crippen molar-refractivity contribution in [3.05, 3.63) is 104 Å². The normalized spacial score (nSPS) is 11.3. The molecule has 0 aliphatic heterocycles. The zero-order valence-corrected chi connectivity index (χ0v) is 19.8. The number of carbonyl (C=O) groups is 1. The van der Waals surface area contributed by atoms with E-state index in [2.05, 4.69) is 100 Å². The van der Waals surface area contributed by atoms with Crippen molar-refractivity contribution in [3.8, 4) is 0 Å². The summed E-state index contributed by atoms with van der Waals surface area (Å²) in [6, 6.07) is 22.9. The Morgan fingerprint density at radius 1 is 1.00 bits per heavy atom. The number of nitrogens with one attached hydrogen (secondary N) is 1. The average Bonchev–Trinajstić information content (AvgIpc) is 3.10. The van der Waals surface area contributed by atoms with Crippen LogP contribution >= 0.6 is 22.6 Å². The maximum absolute atomic E-state index is 12.3. The second kappa shape index (κ2) is 9.47. The van der Waals surface area contributed by atoms with Gasteiger partial charge in [-0.15, -0.1) is 0 Å². The predicted octanol–water partition coefficient (Wildman–Crippen LogP) is 5.60. The van der Waals surface area contributed by atoms with Crippen molar-refractivity contribution >= 4 is 45.6 Å². The minimum Gasteiger partial charge on any atom is -0.342 e. The summed E-state index contributed by atoms with van der Waals surface area (Å²) in [6.45, 7) is 4.91. The lowest BCUT2D eigenvalue weighted by Gasteiger charge is -2.05. The number of carbonyl (C=O) groups excluding carboxylic acids is 1. The minimum atomic E-state index is -0.123. The van der Waals surface area contributed by atoms with Crippen LogP contribution < -0.4 is 5.43 Å². The highest BCUT2D eigenvalue weighted by molar-refractivity contribution is 14.1. The number of fused-ring (bicyclic) bond motifs is 1. The number of benzene rings is 3. The molecule has 4 rings (SSSR count). The molecular weight excluding hydrogens is 497 g/mol. The second-order valence-corrected chi connectivity index (χ2v) is 8.99. The minimum absolute atomic E-state index is 0.123. The molecule has 4 nitrogen and oxygen atoms in total. The van der Waals surface area contributed by atoms with E-state index in [4.69, 9.17) is 0 Å². The molecule has 0 saturated carbocycles. The smallest absolute Gasteiger partial charge is 0.244 e. The molecule has 0 aliphatic carbocycles. The van der Waals surface area contributed by atoms with E-state index in [-0.39, 0.29) is 5.91 Å². The van der Waals surface area contributed by atoms with Crippen molar-refractivity contribution in [2.45, 2.75) is 26.8 Å². The average molecular weight is 521 g/mol. The first kappa shape index (κ1) is 21.3. The molecule has 0 unspecified atom stereocenters. The topological polar surface area (TPSA) is 46.4 Å². The van der Waals surface area contributed by atoms with Crippen molar-refractivity contribution in [1.82, 2.24) is 9.99 Å². The molecule has 31 heavy (non-hydrogen) atoms. The molecule has 5 heteroatoms. The molecule has 0 aliphatic rings. The number of para-hydroxylation sites is 1. The van der Waals surface area contributed by atoms with Crippen LogP contribution in [0.5, 0.6) is 0 Å². The van der Waals surface area contributed by atoms with E-state index in [1.54, 1.807) is 6.21 Å². The molecule has 0 radical (unpaired) electrons. The molecule has 1 N–H and O–H groups in total. The molecule has 1 heterocycles. The largest absolute Gasteiger partial charge is 0.342 e. The van der Waals surface area contributed by atoms with E-state index >= 15 is 0 Å². The molecule has 0 spiro atoms. The van der Waals surface area contributed by atoms with Gasteiger partial charge in [0.15, 0.2) is 0 Å². The zero-order valence-electron chi connectivity index (χ0n) is 17.6. The van der Waals surface area contributed by atoms with Gasteiger partial charge in [-0.25, -0.2) is 5.43 Å². The fraction of sp³-hybridized carbons (Fsp3) is 0.154. The number of amides is 1. The van der Waals surface area contributed by atoms with Gasteiger partial charge in [0.1, 0.15) is 0 Å². The van der Waals surface area contributed by atoms with Gasteiger partial charge in [-0.05, 0) is 76.9 Å². The lowest BCUT2D eigenvalue weighted by Crippen LogP contribution is -2.19. The van der Waals surface area contributed by atoms with E-state index in [0.29, 0.717) is 6.42 Å². The third-order valence-electron chi connectivity index (χ3n) is 5.41. The highest BCUT2D eigenvalue weighted by Crippen LogP contribution is 2.21. The van der Waals surface area contributed by atoms with Crippen LogP contribution in [0, 0.1) is 17.4 Å². The summed E-state index contributed by atoms with van der Waals surface area (Å²) >= 11 is 2.32. The van der Waals surface area contributed by atoms with E-state index in [0.717, 1.165) is 28.6 Å². The van der Waals surface area contributed by atoms with Crippen LogP contribution in [-0.2, 0) is 17.8 Å². The van der Waals surface area contributed by atoms with Crippen molar-refractivity contribution in [3.63, 3.8) is 0 Å². The first-order chi connectivity index (χ1) is 15.0. The molecule has 1 aromatic heterocycles. The molecule has 3 aromatic carbocycles. The van der Waals surface area contributed by atoms with Crippen LogP contribution in [0.25, 0.3) is 10.9 Å². The van der Waals surface area contributed by atoms with Gasteiger partial charge in [-0.2, -0.15) is 5.10 Å². The third kappa shape index (κ3) is 5.22. The van der Waals surface area contributed by atoms with Gasteiger partial charge in [0.25, 0.3) is 0 Å². The van der Waals surface area contributed by atoms with Crippen LogP contribution in [-0.4, -0.2) is 16.7 Å². The Kier molecular flexibility index (Phi) is 6.51. The van der Waals surface area contributed by atoms with Gasteiger partial charge >= 0.3 is 0 Å². The van der Waals surface area contributed by atoms with E-state index < -0.39 is 0 Å². The summed E-state index contributed by atoms with van der Waals surface area (Å²) < 4.78 is 3.44. The van der Waals surface area contributed by atoms with Gasteiger partial charge < -0.3 is 4.57 Å². The Morgan fingerprint density at radius 3 is 2.52 bits per heavy atom. The van der Waals surface area contributed by atoms with Crippen LogP contribution in [0.1, 0.15) is 27.8 Å². The Morgan fingerprint density at radius 2 is 1.74 bits per heavy atom. The standard InChI is InChI=1S/C26H24IN3O/c1-18-7-8-21(13-19(18)2)14-26(31)29-28-15-22-17-30(25-6-4-3-5-24(22)25)16-20-9-11-23(27)12-10-20/h3-13,15,17H,14,16H2,1-2H3,(H,29,31). The van der Waals surface area contributed by atoms with Crippen molar-refractivity contribution in [2.24, 2.45) is 5.10 Å². The maximum Gasteiger partial charge on any atom is 0.244 e. The Labute approximate surface area is 196 Å². The zero-order chi connectivity index (χ0) is 21.8. The van der Waals surface area contributed by atoms with Crippen LogP contribution in [0.2, 0.25) is 0 Å². The quantitative estimate of drug-likeness (QED) is 0.200. The van der Waals surface area contributed by atoms with E-state index in [1.807, 2.05) is 24.3 Å². The molecule has 0 bridgehead atoms. The summed E-state index contributed by atoms with van der Waals surface area (Å²) in [7, 11) is 0. The molecular formula is C26H24IN3O. The predicted molar refractivity (Wildman–Crippen MR) is 136 cm³/mol. The number of rotatable bonds is 6. The van der Waals surface area contributed by atoms with Crippen molar-refractivity contribution < 1.29 is 4.79 Å². The summed E-state index contributed by atoms with van der Waals surface area (Å²) in [5.41, 5.74) is 9.43. The summed E-state index contributed by atoms with van der Waals surface area (Å²) in [6.07, 6.45) is 4.12. The molecule has 0 atom stereocenters. The number of nitrogens with zero attached hydrogens (tertiary/aromatic N) is 2. The number of hydrogen-bond acceptors (Lipinski definition) is 2. The monoisotopic (exact) mass is 521 g/mol. The number of aromatic nitrogens is 1. The van der Waals surface area contributed by atoms with Gasteiger partial charge in [0, 0.05) is 32.8 Å². The summed E-state index contributed by atoms with van der Waals surface area (Å²) in [5.74, 6) is -0.123. The number of hydrogen-bond donors (Lipinski definition) is 1. The number of halogens is 1. The van der Waals surface area contributed by atoms with Crippen LogP contribution in [0.15, 0.2) is 78.0 Å². The van der Waals surface area contributed by atoms with Crippen LogP contribution in [0.4, 0.5) is 0 Å². The molecule has 1 amide bonds. The third-order valence-corrected chi connectivity index (χ3v) is 6.13. The fourth-order valence-corrected chi connectivity index (χ4v) is 3.97. The Balaban J connectivity index is 1.48. The van der Waals surface area contributed by atoms with Gasteiger partial charge in [-0.3, -0.25) is 4.79 Å². The molecule has 0 fully saturated rings. The SMILES string of the molecule is Cc1ccc(CC(=O)NN=Cc2cn(Cc3ccc(I)cc3)c3ccccc23)cc1C. The van der Waals surface area contributed by atoms with Crippen LogP contribution in [0.3, 0.4) is 0 Å². The number of hydrazone groups is 1.